The van der Waals surface area contributed by atoms with Gasteiger partial charge >= 0.3 is 0 Å². The number of fused-ring (bicyclic) bond motifs is 5. The Morgan fingerprint density at radius 3 is 2.33 bits per heavy atom. The van der Waals surface area contributed by atoms with Crippen LogP contribution in [0.25, 0.3) is 11.3 Å². The highest BCUT2D eigenvalue weighted by Crippen LogP contribution is 2.51. The second kappa shape index (κ2) is 12.4. The second-order valence-electron chi connectivity index (χ2n) is 15.4. The van der Waals surface area contributed by atoms with Gasteiger partial charge in [-0.1, -0.05) is 106 Å². The monoisotopic (exact) mass is 653 g/mol. The first-order valence-corrected chi connectivity index (χ1v) is 17.9. The van der Waals surface area contributed by atoms with Crippen LogP contribution < -0.4 is 5.32 Å². The van der Waals surface area contributed by atoms with E-state index in [1.165, 1.54) is 12.0 Å². The number of ether oxygens (including phenoxy) is 3. The van der Waals surface area contributed by atoms with E-state index in [2.05, 4.69) is 48.5 Å². The molecule has 2 aliphatic carbocycles. The Balaban J connectivity index is 1.24. The highest BCUT2D eigenvalue weighted by Gasteiger charge is 2.64. The van der Waals surface area contributed by atoms with Gasteiger partial charge in [-0.05, 0) is 42.2 Å². The van der Waals surface area contributed by atoms with Crippen LogP contribution in [0.4, 0.5) is 0 Å². The molecule has 1 aromatic heterocycles. The van der Waals surface area contributed by atoms with Crippen LogP contribution in [0.1, 0.15) is 113 Å². The third kappa shape index (κ3) is 5.65. The Morgan fingerprint density at radius 1 is 0.917 bits per heavy atom. The maximum Gasteiger partial charge on any atom is 0.275 e. The molecule has 5 atom stereocenters. The molecule has 48 heavy (non-hydrogen) atoms. The summed E-state index contributed by atoms with van der Waals surface area (Å²) in [5.74, 6) is -1.23. The summed E-state index contributed by atoms with van der Waals surface area (Å²) in [5, 5.41) is 12.7. The van der Waals surface area contributed by atoms with Crippen LogP contribution in [0.2, 0.25) is 0 Å². The van der Waals surface area contributed by atoms with Gasteiger partial charge in [0.25, 0.3) is 5.91 Å². The van der Waals surface area contributed by atoms with Crippen LogP contribution in [-0.4, -0.2) is 68.1 Å². The fourth-order valence-corrected chi connectivity index (χ4v) is 8.47. The van der Waals surface area contributed by atoms with E-state index in [0.29, 0.717) is 11.4 Å². The average Bonchev–Trinajstić information content (AvgIpc) is 3.74. The van der Waals surface area contributed by atoms with Crippen molar-refractivity contribution in [2.24, 2.45) is 0 Å². The van der Waals surface area contributed by atoms with E-state index in [1.807, 2.05) is 42.5 Å². The zero-order chi connectivity index (χ0) is 33.0. The van der Waals surface area contributed by atoms with Crippen molar-refractivity contribution >= 4 is 11.8 Å². The van der Waals surface area contributed by atoms with Crippen molar-refractivity contribution in [2.75, 3.05) is 0 Å². The van der Waals surface area contributed by atoms with Crippen LogP contribution in [0.5, 0.6) is 0 Å². The minimum atomic E-state index is -0.928. The number of rotatable bonds is 5. The molecule has 8 rings (SSSR count). The standard InChI is InChI=1S/C38H47N5O5/c1-37(2,3)26-19-17-25(18-20-26)28-29-35(45)42(23-24-13-7-4-8-14-24)31(34(44)39-27-15-9-5-10-16-27)32-30(43(29)41-40-28)33-36(46-32)48-38(47-33)21-11-6-12-22-38/h4,7-8,13-14,17-20,27,30-33,36H,5-6,9-12,15-16,21-23H2,1-3H3,(H,39,44)/t30-,31+,32-,33+,36+/m0/s1. The number of hydrogen-bond acceptors (Lipinski definition) is 7. The van der Waals surface area contributed by atoms with Gasteiger partial charge in [-0.15, -0.1) is 5.10 Å². The summed E-state index contributed by atoms with van der Waals surface area (Å²) in [4.78, 5) is 31.3. The van der Waals surface area contributed by atoms with Crippen LogP contribution in [0, 0.1) is 0 Å². The Hall–Kier alpha value is -3.60. The molecule has 1 spiro atoms. The van der Waals surface area contributed by atoms with Gasteiger partial charge in [0.2, 0.25) is 5.91 Å². The lowest BCUT2D eigenvalue weighted by Crippen LogP contribution is -2.57. The molecule has 2 saturated carbocycles. The van der Waals surface area contributed by atoms with Crippen molar-refractivity contribution in [1.82, 2.24) is 25.2 Å². The molecule has 1 N–H and O–H groups in total. The van der Waals surface area contributed by atoms with Gasteiger partial charge in [0.05, 0.1) is 0 Å². The lowest BCUT2D eigenvalue weighted by molar-refractivity contribution is -0.244. The molecule has 4 fully saturated rings. The van der Waals surface area contributed by atoms with E-state index >= 15 is 4.79 Å². The second-order valence-corrected chi connectivity index (χ2v) is 15.4. The molecule has 0 radical (unpaired) electrons. The zero-order valence-corrected chi connectivity index (χ0v) is 28.3. The number of hydrogen-bond donors (Lipinski definition) is 1. The Kier molecular flexibility index (Phi) is 8.16. The first-order valence-electron chi connectivity index (χ1n) is 17.9. The smallest absolute Gasteiger partial charge is 0.275 e. The topological polar surface area (TPSA) is 108 Å². The molecule has 4 heterocycles. The number of carbonyl (C=O) groups excluding carboxylic acids is 2. The summed E-state index contributed by atoms with van der Waals surface area (Å²) in [6, 6.07) is 16.6. The van der Waals surface area contributed by atoms with Crippen molar-refractivity contribution in [3.63, 3.8) is 0 Å². The SMILES string of the molecule is CC(C)(C)c1ccc(-c2nnn3c2C(=O)N(Cc2ccccc2)[C@@H](C(=O)NC2CCCCC2)[C@H]2O[C@@H]4OC5(CCCCC5)O[C@@H]4[C@H]23)cc1. The van der Waals surface area contributed by atoms with E-state index < -0.39 is 36.4 Å². The number of aromatic nitrogens is 3. The summed E-state index contributed by atoms with van der Waals surface area (Å²) in [5.41, 5.74) is 3.70. The molecule has 3 aliphatic heterocycles. The highest BCUT2D eigenvalue weighted by molar-refractivity contribution is 6.01. The minimum Gasteiger partial charge on any atom is -0.351 e. The van der Waals surface area contributed by atoms with Gasteiger partial charge in [0.1, 0.15) is 30.0 Å². The first-order chi connectivity index (χ1) is 23.2. The van der Waals surface area contributed by atoms with Crippen molar-refractivity contribution < 1.29 is 23.8 Å². The number of nitrogens with one attached hydrogen (secondary N) is 1. The van der Waals surface area contributed by atoms with Crippen LogP contribution in [0.15, 0.2) is 54.6 Å². The molecule has 3 aromatic rings. The van der Waals surface area contributed by atoms with E-state index in [-0.39, 0.29) is 29.8 Å². The fraction of sp³-hybridized carbons (Fsp3) is 0.579. The average molecular weight is 654 g/mol. The largest absolute Gasteiger partial charge is 0.351 e. The van der Waals surface area contributed by atoms with Crippen molar-refractivity contribution in [3.05, 3.63) is 71.4 Å². The van der Waals surface area contributed by atoms with Gasteiger partial charge in [-0.25, -0.2) is 4.68 Å². The summed E-state index contributed by atoms with van der Waals surface area (Å²) < 4.78 is 21.9. The molecule has 5 aliphatic rings. The lowest BCUT2D eigenvalue weighted by atomic mass is 9.86. The number of amides is 2. The molecule has 2 aromatic carbocycles. The zero-order valence-electron chi connectivity index (χ0n) is 28.3. The number of carbonyl (C=O) groups is 2. The summed E-state index contributed by atoms with van der Waals surface area (Å²) in [6.07, 6.45) is 8.00. The molecule has 10 heteroatoms. The maximum absolute atomic E-state index is 15.1. The molecule has 254 valence electrons. The van der Waals surface area contributed by atoms with E-state index in [9.17, 15) is 4.79 Å². The molecule has 10 nitrogen and oxygen atoms in total. The molecule has 0 unspecified atom stereocenters. The van der Waals surface area contributed by atoms with Gasteiger partial charge in [0.15, 0.2) is 17.8 Å². The molecule has 0 bridgehead atoms. The summed E-state index contributed by atoms with van der Waals surface area (Å²) in [6.45, 7) is 6.75. The minimum absolute atomic E-state index is 0.0264. The van der Waals surface area contributed by atoms with E-state index in [0.717, 1.165) is 68.9 Å². The van der Waals surface area contributed by atoms with Crippen molar-refractivity contribution in [2.45, 2.75) is 139 Å². The number of benzene rings is 2. The lowest BCUT2D eigenvalue weighted by Gasteiger charge is -2.37. The van der Waals surface area contributed by atoms with E-state index in [4.69, 9.17) is 14.2 Å². The van der Waals surface area contributed by atoms with Gasteiger partial charge in [-0.3, -0.25) is 9.59 Å². The Bertz CT molecular complexity index is 1640. The predicted octanol–water partition coefficient (Wildman–Crippen LogP) is 6.06. The molecular formula is C38H47N5O5. The normalized spacial score (nSPS) is 28.5. The third-order valence-corrected chi connectivity index (χ3v) is 11.1. The fourth-order valence-electron chi connectivity index (χ4n) is 8.47. The number of nitrogens with zero attached hydrogens (tertiary/aromatic N) is 4. The molecule has 2 amide bonds. The Morgan fingerprint density at radius 2 is 1.62 bits per heavy atom. The van der Waals surface area contributed by atoms with Gasteiger partial charge in [0, 0.05) is 31.0 Å². The van der Waals surface area contributed by atoms with Crippen LogP contribution in [-0.2, 0) is 31.0 Å². The van der Waals surface area contributed by atoms with Gasteiger partial charge < -0.3 is 24.4 Å². The summed E-state index contributed by atoms with van der Waals surface area (Å²) >= 11 is 0. The van der Waals surface area contributed by atoms with Crippen LogP contribution in [0.3, 0.4) is 0 Å². The molecule has 2 saturated heterocycles. The predicted molar refractivity (Wildman–Crippen MR) is 179 cm³/mol. The van der Waals surface area contributed by atoms with Crippen LogP contribution >= 0.6 is 0 Å². The third-order valence-electron chi connectivity index (χ3n) is 11.1. The van der Waals surface area contributed by atoms with Gasteiger partial charge in [-0.2, -0.15) is 0 Å². The first kappa shape index (κ1) is 31.7. The summed E-state index contributed by atoms with van der Waals surface area (Å²) in [7, 11) is 0. The highest BCUT2D eigenvalue weighted by atomic mass is 16.8. The van der Waals surface area contributed by atoms with Crippen molar-refractivity contribution in [1.29, 1.82) is 0 Å². The Labute approximate surface area is 282 Å². The van der Waals surface area contributed by atoms with E-state index in [1.54, 1.807) is 9.58 Å². The molecular weight excluding hydrogens is 606 g/mol. The maximum atomic E-state index is 15.1. The quantitative estimate of drug-likeness (QED) is 0.357. The van der Waals surface area contributed by atoms with Crippen molar-refractivity contribution in [3.8, 4) is 11.3 Å².